The molecular formula is C12H21N5. The molecule has 1 aromatic heterocycles. The number of rotatable bonds is 4. The summed E-state index contributed by atoms with van der Waals surface area (Å²) in [4.78, 5) is 13.5. The minimum atomic E-state index is 0.819. The van der Waals surface area contributed by atoms with Crippen molar-refractivity contribution >= 4 is 5.95 Å². The van der Waals surface area contributed by atoms with Crippen LogP contribution in [0.3, 0.4) is 0 Å². The minimum Gasteiger partial charge on any atom is -0.338 e. The van der Waals surface area contributed by atoms with Gasteiger partial charge in [-0.3, -0.25) is 0 Å². The molecule has 5 nitrogen and oxygen atoms in total. The summed E-state index contributed by atoms with van der Waals surface area (Å²) in [5.74, 6) is 0.869. The van der Waals surface area contributed by atoms with E-state index in [4.69, 9.17) is 0 Å². The second kappa shape index (κ2) is 5.93. The van der Waals surface area contributed by atoms with Crippen molar-refractivity contribution in [1.29, 1.82) is 0 Å². The molecule has 0 amide bonds. The summed E-state index contributed by atoms with van der Waals surface area (Å²) in [6.07, 6.45) is 1.85. The van der Waals surface area contributed by atoms with Crippen LogP contribution in [0.25, 0.3) is 0 Å². The fourth-order valence-electron chi connectivity index (χ4n) is 1.89. The molecule has 1 fully saturated rings. The van der Waals surface area contributed by atoms with Gasteiger partial charge in [-0.2, -0.15) is 0 Å². The highest BCUT2D eigenvalue weighted by atomic mass is 15.3. The van der Waals surface area contributed by atoms with Crippen molar-refractivity contribution in [3.63, 3.8) is 0 Å². The van der Waals surface area contributed by atoms with Gasteiger partial charge in [-0.1, -0.05) is 6.92 Å². The Morgan fingerprint density at radius 2 is 2.06 bits per heavy atom. The van der Waals surface area contributed by atoms with E-state index in [0.29, 0.717) is 0 Å². The second-order valence-corrected chi connectivity index (χ2v) is 4.42. The Morgan fingerprint density at radius 1 is 1.29 bits per heavy atom. The third-order valence-corrected chi connectivity index (χ3v) is 3.04. The first-order valence-electron chi connectivity index (χ1n) is 6.25. The highest BCUT2D eigenvalue weighted by Crippen LogP contribution is 2.10. The monoisotopic (exact) mass is 235 g/mol. The second-order valence-electron chi connectivity index (χ2n) is 4.42. The molecule has 0 atom stereocenters. The van der Waals surface area contributed by atoms with E-state index in [2.05, 4.69) is 39.1 Å². The molecule has 0 radical (unpaired) electrons. The van der Waals surface area contributed by atoms with Crippen LogP contribution < -0.4 is 10.2 Å². The van der Waals surface area contributed by atoms with Gasteiger partial charge in [0.1, 0.15) is 0 Å². The predicted octanol–water partition coefficient (Wildman–Crippen LogP) is 0.338. The fraction of sp³-hybridized carbons (Fsp3) is 0.667. The van der Waals surface area contributed by atoms with Gasteiger partial charge in [0.25, 0.3) is 0 Å². The zero-order valence-electron chi connectivity index (χ0n) is 10.7. The number of nitrogens with one attached hydrogen (secondary N) is 1. The molecule has 0 spiro atoms. The van der Waals surface area contributed by atoms with Crippen LogP contribution in [-0.4, -0.2) is 54.6 Å². The van der Waals surface area contributed by atoms with Crippen molar-refractivity contribution in [2.75, 3.05) is 44.7 Å². The molecule has 0 saturated carbocycles. The molecule has 0 bridgehead atoms. The molecular weight excluding hydrogens is 214 g/mol. The highest BCUT2D eigenvalue weighted by Gasteiger charge is 2.16. The quantitative estimate of drug-likeness (QED) is 0.815. The van der Waals surface area contributed by atoms with Crippen LogP contribution in [0.5, 0.6) is 0 Å². The predicted molar refractivity (Wildman–Crippen MR) is 69.1 cm³/mol. The van der Waals surface area contributed by atoms with E-state index in [0.717, 1.165) is 50.9 Å². The van der Waals surface area contributed by atoms with Gasteiger partial charge in [-0.15, -0.1) is 0 Å². The lowest BCUT2D eigenvalue weighted by Crippen LogP contribution is -2.45. The summed E-state index contributed by atoms with van der Waals surface area (Å²) in [6, 6.07) is 1.97. The molecule has 1 aliphatic heterocycles. The third-order valence-electron chi connectivity index (χ3n) is 3.04. The Kier molecular flexibility index (Phi) is 4.28. The number of nitrogens with zero attached hydrogens (tertiary/aromatic N) is 4. The molecule has 0 unspecified atom stereocenters. The summed E-state index contributed by atoms with van der Waals surface area (Å²) >= 11 is 0. The van der Waals surface area contributed by atoms with Gasteiger partial charge in [-0.25, -0.2) is 9.97 Å². The Morgan fingerprint density at radius 3 is 2.76 bits per heavy atom. The Balaban J connectivity index is 2.00. The average molecular weight is 235 g/mol. The average Bonchev–Trinajstić information content (AvgIpc) is 2.37. The summed E-state index contributed by atoms with van der Waals surface area (Å²) in [6.45, 7) is 8.08. The van der Waals surface area contributed by atoms with Crippen molar-refractivity contribution in [2.45, 2.75) is 13.5 Å². The molecule has 94 valence electrons. The summed E-state index contributed by atoms with van der Waals surface area (Å²) < 4.78 is 0. The zero-order valence-corrected chi connectivity index (χ0v) is 10.7. The Bertz CT molecular complexity index is 347. The molecule has 2 heterocycles. The van der Waals surface area contributed by atoms with Crippen LogP contribution >= 0.6 is 0 Å². The molecule has 2 rings (SSSR count). The summed E-state index contributed by atoms with van der Waals surface area (Å²) in [7, 11) is 2.15. The topological polar surface area (TPSA) is 44.3 Å². The Labute approximate surface area is 103 Å². The largest absolute Gasteiger partial charge is 0.338 e. The van der Waals surface area contributed by atoms with Crippen molar-refractivity contribution in [3.8, 4) is 0 Å². The lowest BCUT2D eigenvalue weighted by atomic mass is 10.3. The molecule has 17 heavy (non-hydrogen) atoms. The molecule has 1 aliphatic rings. The van der Waals surface area contributed by atoms with E-state index < -0.39 is 0 Å². The van der Waals surface area contributed by atoms with Gasteiger partial charge < -0.3 is 15.1 Å². The van der Waals surface area contributed by atoms with Crippen LogP contribution in [0.4, 0.5) is 5.95 Å². The Hall–Kier alpha value is -1.20. The van der Waals surface area contributed by atoms with Crippen molar-refractivity contribution < 1.29 is 0 Å². The lowest BCUT2D eigenvalue weighted by molar-refractivity contribution is 0.311. The van der Waals surface area contributed by atoms with Gasteiger partial charge in [0.15, 0.2) is 0 Å². The van der Waals surface area contributed by atoms with Gasteiger partial charge in [0.2, 0.25) is 5.95 Å². The van der Waals surface area contributed by atoms with Crippen LogP contribution in [-0.2, 0) is 6.54 Å². The number of likely N-dealkylation sites (N-methyl/N-ethyl adjacent to an activating group) is 1. The van der Waals surface area contributed by atoms with Gasteiger partial charge in [0.05, 0.1) is 5.69 Å². The summed E-state index contributed by atoms with van der Waals surface area (Å²) in [5, 5.41) is 3.28. The van der Waals surface area contributed by atoms with E-state index in [1.807, 2.05) is 12.3 Å². The number of aromatic nitrogens is 2. The minimum absolute atomic E-state index is 0.819. The smallest absolute Gasteiger partial charge is 0.225 e. The van der Waals surface area contributed by atoms with Crippen LogP contribution in [0.2, 0.25) is 0 Å². The molecule has 0 aliphatic carbocycles. The number of hydrogen-bond donors (Lipinski definition) is 1. The van der Waals surface area contributed by atoms with Gasteiger partial charge >= 0.3 is 0 Å². The number of hydrogen-bond acceptors (Lipinski definition) is 5. The van der Waals surface area contributed by atoms with Crippen molar-refractivity contribution in [3.05, 3.63) is 18.0 Å². The number of piperazine rings is 1. The van der Waals surface area contributed by atoms with Crippen LogP contribution in [0, 0.1) is 0 Å². The normalized spacial score (nSPS) is 17.4. The van der Waals surface area contributed by atoms with E-state index in [1.165, 1.54) is 0 Å². The molecule has 5 heteroatoms. The lowest BCUT2D eigenvalue weighted by Gasteiger charge is -2.32. The van der Waals surface area contributed by atoms with Gasteiger partial charge in [0, 0.05) is 38.9 Å². The SMILES string of the molecule is CCNCc1ccnc(N2CCN(C)CC2)n1. The van der Waals surface area contributed by atoms with E-state index in [-0.39, 0.29) is 0 Å². The first-order valence-corrected chi connectivity index (χ1v) is 6.25. The maximum Gasteiger partial charge on any atom is 0.225 e. The number of anilines is 1. The van der Waals surface area contributed by atoms with Crippen molar-refractivity contribution in [1.82, 2.24) is 20.2 Å². The van der Waals surface area contributed by atoms with Gasteiger partial charge in [-0.05, 0) is 19.7 Å². The molecule has 1 aromatic rings. The van der Waals surface area contributed by atoms with Crippen LogP contribution in [0.15, 0.2) is 12.3 Å². The third kappa shape index (κ3) is 3.38. The highest BCUT2D eigenvalue weighted by molar-refractivity contribution is 5.31. The van der Waals surface area contributed by atoms with Crippen LogP contribution in [0.1, 0.15) is 12.6 Å². The molecule has 1 saturated heterocycles. The first kappa shape index (κ1) is 12.3. The zero-order chi connectivity index (χ0) is 12.1. The fourth-order valence-corrected chi connectivity index (χ4v) is 1.89. The standard InChI is InChI=1S/C12H21N5/c1-3-13-10-11-4-5-14-12(15-11)17-8-6-16(2)7-9-17/h4-5,13H,3,6-10H2,1-2H3. The molecule has 0 aromatic carbocycles. The van der Waals surface area contributed by atoms with E-state index in [9.17, 15) is 0 Å². The molecule has 1 N–H and O–H groups in total. The van der Waals surface area contributed by atoms with Crippen molar-refractivity contribution in [2.24, 2.45) is 0 Å². The maximum absolute atomic E-state index is 4.59. The van der Waals surface area contributed by atoms with E-state index >= 15 is 0 Å². The summed E-state index contributed by atoms with van der Waals surface area (Å²) in [5.41, 5.74) is 1.07. The van der Waals surface area contributed by atoms with E-state index in [1.54, 1.807) is 0 Å². The first-order chi connectivity index (χ1) is 8.29. The maximum atomic E-state index is 4.59.